The molecule has 11 nitrogen and oxygen atoms in total. The molecular formula is C30H33N5O6S. The van der Waals surface area contributed by atoms with E-state index in [1.807, 2.05) is 32.0 Å². The Morgan fingerprint density at radius 2 is 1.88 bits per heavy atom. The first-order valence-corrected chi connectivity index (χ1v) is 15.2. The van der Waals surface area contributed by atoms with Gasteiger partial charge in [-0.3, -0.25) is 14.3 Å². The fraction of sp³-hybridized carbons (Fsp3) is 0.333. The standard InChI is InChI=1S/C30H33N5O6S/c1-5-9-23-27-28(34(3)33-23)30(37)32-29(31-27)22-17-21(12-13-26(22)41-6-2)42(38,39)35-15-14-24(36)20(18-35)16-19-10-7-8-11-25(19)40-4/h7-8,10-13,16-17H,5-6,9,14-15,18H2,1-4H3,(H,31,32,37). The number of aryl methyl sites for hydroxylation is 2. The van der Waals surface area contributed by atoms with Gasteiger partial charge in [0.25, 0.3) is 5.56 Å². The molecule has 0 spiro atoms. The van der Waals surface area contributed by atoms with Gasteiger partial charge in [0, 0.05) is 37.7 Å². The van der Waals surface area contributed by atoms with Gasteiger partial charge in [-0.05, 0) is 43.7 Å². The third kappa shape index (κ3) is 5.47. The number of nitrogens with one attached hydrogen (secondary N) is 1. The van der Waals surface area contributed by atoms with Gasteiger partial charge in [-0.2, -0.15) is 9.40 Å². The van der Waals surface area contributed by atoms with Crippen molar-refractivity contribution in [3.8, 4) is 22.9 Å². The van der Waals surface area contributed by atoms with Crippen LogP contribution in [-0.2, 0) is 28.3 Å². The molecule has 220 valence electrons. The largest absolute Gasteiger partial charge is 0.496 e. The number of para-hydroxylation sites is 1. The molecular weight excluding hydrogens is 558 g/mol. The molecule has 0 atom stereocenters. The van der Waals surface area contributed by atoms with E-state index in [2.05, 4.69) is 10.1 Å². The van der Waals surface area contributed by atoms with Crippen LogP contribution in [0.4, 0.5) is 0 Å². The Labute approximate surface area is 243 Å². The lowest BCUT2D eigenvalue weighted by Crippen LogP contribution is -2.40. The zero-order chi connectivity index (χ0) is 30.0. The summed E-state index contributed by atoms with van der Waals surface area (Å²) in [5.41, 5.74) is 2.51. The van der Waals surface area contributed by atoms with Crippen molar-refractivity contribution in [3.05, 3.63) is 69.6 Å². The van der Waals surface area contributed by atoms with E-state index in [9.17, 15) is 18.0 Å². The molecule has 1 saturated heterocycles. The number of piperidine rings is 1. The van der Waals surface area contributed by atoms with E-state index in [-0.39, 0.29) is 41.6 Å². The highest BCUT2D eigenvalue weighted by atomic mass is 32.2. The van der Waals surface area contributed by atoms with Crippen molar-refractivity contribution in [2.24, 2.45) is 7.05 Å². The molecule has 4 aromatic rings. The van der Waals surface area contributed by atoms with Crippen LogP contribution in [0, 0.1) is 0 Å². The monoisotopic (exact) mass is 591 g/mol. The zero-order valence-corrected chi connectivity index (χ0v) is 24.8. The summed E-state index contributed by atoms with van der Waals surface area (Å²) in [7, 11) is -0.805. The molecule has 3 heterocycles. The predicted molar refractivity (Wildman–Crippen MR) is 159 cm³/mol. The van der Waals surface area contributed by atoms with E-state index in [1.165, 1.54) is 21.1 Å². The van der Waals surface area contributed by atoms with Gasteiger partial charge < -0.3 is 14.5 Å². The highest BCUT2D eigenvalue weighted by Crippen LogP contribution is 2.33. The van der Waals surface area contributed by atoms with Crippen molar-refractivity contribution < 1.29 is 22.7 Å². The number of ketones is 1. The van der Waals surface area contributed by atoms with Crippen molar-refractivity contribution in [1.29, 1.82) is 0 Å². The van der Waals surface area contributed by atoms with E-state index in [0.717, 1.165) is 6.42 Å². The lowest BCUT2D eigenvalue weighted by molar-refractivity contribution is -0.116. The number of methoxy groups -OCH3 is 1. The summed E-state index contributed by atoms with van der Waals surface area (Å²) in [6, 6.07) is 11.7. The van der Waals surface area contributed by atoms with Gasteiger partial charge in [0.15, 0.2) is 11.3 Å². The number of Topliss-reactive ketones (excluding diaryl/α,β-unsaturated/α-hetero) is 1. The SMILES string of the molecule is CCCc1nn(C)c2c(=O)[nH]c(-c3cc(S(=O)(=O)N4CCC(=O)C(=Cc5ccccc5OC)C4)ccc3OCC)nc12. The number of aromatic amines is 1. The second-order valence-corrected chi connectivity index (χ2v) is 11.9. The highest BCUT2D eigenvalue weighted by molar-refractivity contribution is 7.89. The Bertz CT molecular complexity index is 1860. The van der Waals surface area contributed by atoms with Crippen LogP contribution in [0.15, 0.2) is 57.7 Å². The van der Waals surface area contributed by atoms with Crippen LogP contribution in [0.5, 0.6) is 11.5 Å². The molecule has 1 aliphatic heterocycles. The molecule has 2 aromatic heterocycles. The van der Waals surface area contributed by atoms with Crippen molar-refractivity contribution >= 4 is 32.9 Å². The number of sulfonamides is 1. The van der Waals surface area contributed by atoms with Gasteiger partial charge in [-0.15, -0.1) is 0 Å². The maximum Gasteiger partial charge on any atom is 0.277 e. The Morgan fingerprint density at radius 1 is 1.10 bits per heavy atom. The average Bonchev–Trinajstić information content (AvgIpc) is 3.30. The van der Waals surface area contributed by atoms with Crippen LogP contribution < -0.4 is 15.0 Å². The van der Waals surface area contributed by atoms with E-state index < -0.39 is 10.0 Å². The van der Waals surface area contributed by atoms with Gasteiger partial charge >= 0.3 is 0 Å². The molecule has 5 rings (SSSR count). The highest BCUT2D eigenvalue weighted by Gasteiger charge is 2.32. The molecule has 2 aromatic carbocycles. The van der Waals surface area contributed by atoms with Crippen molar-refractivity contribution in [3.63, 3.8) is 0 Å². The first-order valence-electron chi connectivity index (χ1n) is 13.8. The Hall–Kier alpha value is -4.29. The predicted octanol–water partition coefficient (Wildman–Crippen LogP) is 3.73. The topological polar surface area (TPSA) is 136 Å². The summed E-state index contributed by atoms with van der Waals surface area (Å²) in [4.78, 5) is 33.4. The molecule has 0 radical (unpaired) electrons. The number of carbonyl (C=O) groups is 1. The minimum atomic E-state index is -4.04. The molecule has 1 N–H and O–H groups in total. The molecule has 1 fully saturated rings. The second-order valence-electron chi connectivity index (χ2n) is 9.95. The van der Waals surface area contributed by atoms with Gasteiger partial charge in [0.05, 0.1) is 29.9 Å². The van der Waals surface area contributed by atoms with E-state index in [0.29, 0.717) is 58.0 Å². The Balaban J connectivity index is 1.56. The maximum atomic E-state index is 13.9. The second kappa shape index (κ2) is 11.9. The summed E-state index contributed by atoms with van der Waals surface area (Å²) in [6.07, 6.45) is 3.19. The number of hydrogen-bond donors (Lipinski definition) is 1. The first kappa shape index (κ1) is 29.2. The van der Waals surface area contributed by atoms with E-state index in [1.54, 1.807) is 32.4 Å². The molecule has 1 aliphatic rings. The van der Waals surface area contributed by atoms with Crippen LogP contribution in [0.3, 0.4) is 0 Å². The first-order chi connectivity index (χ1) is 20.2. The number of rotatable bonds is 9. The summed E-state index contributed by atoms with van der Waals surface area (Å²) in [6.45, 7) is 4.11. The Morgan fingerprint density at radius 3 is 2.62 bits per heavy atom. The van der Waals surface area contributed by atoms with Crippen LogP contribution in [0.25, 0.3) is 28.5 Å². The molecule has 0 aliphatic carbocycles. The minimum absolute atomic E-state index is 0.00495. The molecule has 42 heavy (non-hydrogen) atoms. The number of fused-ring (bicyclic) bond motifs is 1. The summed E-state index contributed by atoms with van der Waals surface area (Å²) < 4.78 is 41.8. The summed E-state index contributed by atoms with van der Waals surface area (Å²) >= 11 is 0. The van der Waals surface area contributed by atoms with E-state index >= 15 is 0 Å². The number of benzene rings is 2. The molecule has 0 saturated carbocycles. The molecule has 0 bridgehead atoms. The van der Waals surface area contributed by atoms with Crippen molar-refractivity contribution in [1.82, 2.24) is 24.1 Å². The van der Waals surface area contributed by atoms with Crippen molar-refractivity contribution in [2.75, 3.05) is 26.8 Å². The van der Waals surface area contributed by atoms with Crippen LogP contribution in [0.1, 0.15) is 37.9 Å². The van der Waals surface area contributed by atoms with Crippen molar-refractivity contribution in [2.45, 2.75) is 38.0 Å². The number of hydrogen-bond acceptors (Lipinski definition) is 8. The average molecular weight is 592 g/mol. The number of aromatic nitrogens is 4. The van der Waals surface area contributed by atoms with Crippen LogP contribution >= 0.6 is 0 Å². The fourth-order valence-electron chi connectivity index (χ4n) is 5.11. The maximum absolute atomic E-state index is 13.9. The van der Waals surface area contributed by atoms with Gasteiger partial charge in [0.2, 0.25) is 10.0 Å². The smallest absolute Gasteiger partial charge is 0.277 e. The quantitative estimate of drug-likeness (QED) is 0.291. The van der Waals surface area contributed by atoms with Gasteiger partial charge in [0.1, 0.15) is 22.8 Å². The van der Waals surface area contributed by atoms with Gasteiger partial charge in [-0.25, -0.2) is 13.4 Å². The third-order valence-corrected chi connectivity index (χ3v) is 9.00. The normalized spacial score (nSPS) is 15.4. The number of carbonyl (C=O) groups excluding carboxylic acids is 1. The molecule has 0 unspecified atom stereocenters. The van der Waals surface area contributed by atoms with E-state index in [4.69, 9.17) is 14.5 Å². The molecule has 12 heteroatoms. The van der Waals surface area contributed by atoms with Gasteiger partial charge in [-0.1, -0.05) is 31.5 Å². The zero-order valence-electron chi connectivity index (χ0n) is 24.0. The van der Waals surface area contributed by atoms with Crippen LogP contribution in [-0.4, -0.2) is 65.1 Å². The minimum Gasteiger partial charge on any atom is -0.496 e. The Kier molecular flexibility index (Phi) is 8.28. The lowest BCUT2D eigenvalue weighted by Gasteiger charge is -2.27. The number of H-pyrrole nitrogens is 1. The van der Waals surface area contributed by atoms with Crippen LogP contribution in [0.2, 0.25) is 0 Å². The molecule has 0 amide bonds. The lowest BCUT2D eigenvalue weighted by atomic mass is 10.0. The third-order valence-electron chi connectivity index (χ3n) is 7.15. The number of ether oxygens (including phenoxy) is 2. The summed E-state index contributed by atoms with van der Waals surface area (Å²) in [5, 5.41) is 4.47. The fourth-order valence-corrected chi connectivity index (χ4v) is 6.56. The summed E-state index contributed by atoms with van der Waals surface area (Å²) in [5.74, 6) is 1.03. The number of nitrogens with zero attached hydrogens (tertiary/aromatic N) is 4.